The Balaban J connectivity index is 1.44. The highest BCUT2D eigenvalue weighted by molar-refractivity contribution is 7.99. The fourth-order valence-electron chi connectivity index (χ4n) is 4.66. The van der Waals surface area contributed by atoms with Crippen LogP contribution in [0.5, 0.6) is 5.75 Å². The first-order chi connectivity index (χ1) is 19.1. The molecule has 0 saturated heterocycles. The number of benzene rings is 1. The Labute approximate surface area is 244 Å². The average molecular weight is 583 g/mol. The summed E-state index contributed by atoms with van der Waals surface area (Å²) in [5.74, 6) is 0.926. The lowest BCUT2D eigenvalue weighted by Crippen LogP contribution is -2.17. The van der Waals surface area contributed by atoms with E-state index in [-0.39, 0.29) is 29.1 Å². The van der Waals surface area contributed by atoms with Crippen molar-refractivity contribution >= 4 is 40.0 Å². The number of thioether (sulfide) groups is 1. The van der Waals surface area contributed by atoms with Gasteiger partial charge in [-0.1, -0.05) is 50.7 Å². The minimum Gasteiger partial charge on any atom is -0.483 e. The monoisotopic (exact) mass is 582 g/mol. The van der Waals surface area contributed by atoms with Crippen molar-refractivity contribution in [3.05, 3.63) is 64.3 Å². The number of allylic oxidation sites excluding steroid dienone is 1. The SMILES string of the molecule is C=CCn1c(SCC(=O)Nc2sc3c(c2C(=O)OCC)CCCC3)nnc1C(C)Oc1ccc(C(C)(C)C)cc1. The second kappa shape index (κ2) is 13.0. The number of esters is 1. The van der Waals surface area contributed by atoms with E-state index in [1.165, 1.54) is 28.7 Å². The van der Waals surface area contributed by atoms with Crippen molar-refractivity contribution in [1.82, 2.24) is 14.8 Å². The quantitative estimate of drug-likeness (QED) is 0.152. The number of aryl methyl sites for hydroxylation is 1. The van der Waals surface area contributed by atoms with Crippen LogP contribution < -0.4 is 10.1 Å². The van der Waals surface area contributed by atoms with Gasteiger partial charge in [-0.25, -0.2) is 4.79 Å². The van der Waals surface area contributed by atoms with Crippen LogP contribution in [0.4, 0.5) is 5.00 Å². The molecule has 0 spiro atoms. The maximum Gasteiger partial charge on any atom is 0.341 e. The second-order valence-corrected chi connectivity index (χ2v) is 12.8. The summed E-state index contributed by atoms with van der Waals surface area (Å²) in [5.41, 5.74) is 2.83. The van der Waals surface area contributed by atoms with Gasteiger partial charge in [0.2, 0.25) is 5.91 Å². The fourth-order valence-corrected chi connectivity index (χ4v) is 6.71. The van der Waals surface area contributed by atoms with Gasteiger partial charge in [-0.05, 0) is 68.2 Å². The molecule has 0 saturated carbocycles. The van der Waals surface area contributed by atoms with E-state index in [4.69, 9.17) is 9.47 Å². The van der Waals surface area contributed by atoms with E-state index >= 15 is 0 Å². The van der Waals surface area contributed by atoms with Gasteiger partial charge >= 0.3 is 5.97 Å². The predicted molar refractivity (Wildman–Crippen MR) is 161 cm³/mol. The summed E-state index contributed by atoms with van der Waals surface area (Å²) < 4.78 is 13.4. The lowest BCUT2D eigenvalue weighted by Gasteiger charge is -2.20. The highest BCUT2D eigenvalue weighted by Crippen LogP contribution is 2.39. The largest absolute Gasteiger partial charge is 0.483 e. The molecule has 1 unspecified atom stereocenters. The number of amides is 1. The standard InChI is InChI=1S/C30H38N4O4S2/c1-7-17-34-26(19(3)38-21-15-13-20(14-16-21)30(4,5)6)32-33-29(34)39-18-24(35)31-27-25(28(36)37-8-2)22-11-9-10-12-23(22)40-27/h7,13-16,19H,1,8-12,17-18H2,2-6H3,(H,31,35). The van der Waals surface area contributed by atoms with Gasteiger partial charge in [-0.3, -0.25) is 9.36 Å². The molecular weight excluding hydrogens is 544 g/mol. The number of anilines is 1. The molecule has 10 heteroatoms. The van der Waals surface area contributed by atoms with E-state index in [9.17, 15) is 9.59 Å². The highest BCUT2D eigenvalue weighted by atomic mass is 32.2. The number of carbonyl (C=O) groups excluding carboxylic acids is 2. The molecule has 1 atom stereocenters. The van der Waals surface area contributed by atoms with E-state index in [1.54, 1.807) is 13.0 Å². The topological polar surface area (TPSA) is 95.3 Å². The van der Waals surface area contributed by atoms with E-state index < -0.39 is 0 Å². The third-order valence-corrected chi connectivity index (χ3v) is 8.86. The second-order valence-electron chi connectivity index (χ2n) is 10.7. The van der Waals surface area contributed by atoms with Crippen LogP contribution in [0.1, 0.15) is 85.8 Å². The van der Waals surface area contributed by atoms with E-state index in [0.717, 1.165) is 41.9 Å². The molecule has 4 rings (SSSR count). The minimum absolute atomic E-state index is 0.0654. The maximum atomic E-state index is 13.0. The molecule has 0 radical (unpaired) electrons. The van der Waals surface area contributed by atoms with Gasteiger partial charge in [0.25, 0.3) is 0 Å². The molecular formula is C30H38N4O4S2. The van der Waals surface area contributed by atoms with Crippen molar-refractivity contribution in [1.29, 1.82) is 0 Å². The first kappa shape index (κ1) is 29.9. The first-order valence-corrected chi connectivity index (χ1v) is 15.5. The predicted octanol–water partition coefficient (Wildman–Crippen LogP) is 6.75. The molecule has 1 amide bonds. The summed E-state index contributed by atoms with van der Waals surface area (Å²) >= 11 is 2.77. The number of hydrogen-bond acceptors (Lipinski definition) is 8. The number of hydrogen-bond donors (Lipinski definition) is 1. The van der Waals surface area contributed by atoms with Crippen LogP contribution in [0.25, 0.3) is 0 Å². The summed E-state index contributed by atoms with van der Waals surface area (Å²) in [4.78, 5) is 26.9. The molecule has 40 heavy (non-hydrogen) atoms. The number of fused-ring (bicyclic) bond motifs is 1. The molecule has 1 aromatic carbocycles. The van der Waals surface area contributed by atoms with Crippen molar-refractivity contribution in [2.75, 3.05) is 17.7 Å². The van der Waals surface area contributed by atoms with Gasteiger partial charge < -0.3 is 14.8 Å². The minimum atomic E-state index is -0.373. The Morgan fingerprint density at radius 3 is 2.60 bits per heavy atom. The Morgan fingerprint density at radius 1 is 1.20 bits per heavy atom. The van der Waals surface area contributed by atoms with E-state index in [0.29, 0.717) is 34.7 Å². The zero-order valence-corrected chi connectivity index (χ0v) is 25.5. The normalized spacial score (nSPS) is 13.8. The number of ether oxygens (including phenoxy) is 2. The van der Waals surface area contributed by atoms with Crippen LogP contribution in [-0.4, -0.2) is 39.0 Å². The zero-order chi connectivity index (χ0) is 28.9. The molecule has 2 heterocycles. The summed E-state index contributed by atoms with van der Waals surface area (Å²) in [6.45, 7) is 14.9. The number of nitrogens with one attached hydrogen (secondary N) is 1. The number of nitrogens with zero attached hydrogens (tertiary/aromatic N) is 3. The molecule has 0 aliphatic heterocycles. The Kier molecular flexibility index (Phi) is 9.73. The van der Waals surface area contributed by atoms with Crippen LogP contribution in [0, 0.1) is 0 Å². The molecule has 1 N–H and O–H groups in total. The number of carbonyl (C=O) groups is 2. The van der Waals surface area contributed by atoms with Crippen LogP contribution in [0.2, 0.25) is 0 Å². The summed E-state index contributed by atoms with van der Waals surface area (Å²) in [6, 6.07) is 8.10. The first-order valence-electron chi connectivity index (χ1n) is 13.7. The molecule has 1 aliphatic carbocycles. The van der Waals surface area contributed by atoms with Crippen molar-refractivity contribution in [3.63, 3.8) is 0 Å². The molecule has 3 aromatic rings. The maximum absolute atomic E-state index is 13.0. The number of rotatable bonds is 11. The van der Waals surface area contributed by atoms with Crippen LogP contribution in [0.15, 0.2) is 42.1 Å². The lowest BCUT2D eigenvalue weighted by molar-refractivity contribution is -0.113. The molecule has 0 fully saturated rings. The van der Waals surface area contributed by atoms with Gasteiger partial charge in [0.1, 0.15) is 10.8 Å². The number of aromatic nitrogens is 3. The Bertz CT molecular complexity index is 1360. The lowest BCUT2D eigenvalue weighted by atomic mass is 9.87. The Morgan fingerprint density at radius 2 is 1.93 bits per heavy atom. The molecule has 214 valence electrons. The molecule has 2 aromatic heterocycles. The smallest absolute Gasteiger partial charge is 0.341 e. The van der Waals surface area contributed by atoms with E-state index in [2.05, 4.69) is 55.0 Å². The third kappa shape index (κ3) is 6.96. The average Bonchev–Trinajstić information content (AvgIpc) is 3.48. The van der Waals surface area contributed by atoms with Crippen molar-refractivity contribution in [2.24, 2.45) is 0 Å². The van der Waals surface area contributed by atoms with Crippen molar-refractivity contribution < 1.29 is 19.1 Å². The number of thiophene rings is 1. The third-order valence-electron chi connectivity index (χ3n) is 6.69. The van der Waals surface area contributed by atoms with Gasteiger partial charge in [-0.2, -0.15) is 0 Å². The van der Waals surface area contributed by atoms with Crippen molar-refractivity contribution in [3.8, 4) is 5.75 Å². The van der Waals surface area contributed by atoms with Gasteiger partial charge in [0, 0.05) is 11.4 Å². The van der Waals surface area contributed by atoms with E-state index in [1.807, 2.05) is 23.6 Å². The van der Waals surface area contributed by atoms with Crippen molar-refractivity contribution in [2.45, 2.75) is 83.5 Å². The molecule has 8 nitrogen and oxygen atoms in total. The Hall–Kier alpha value is -3.11. The van der Waals surface area contributed by atoms with Gasteiger partial charge in [-0.15, -0.1) is 28.1 Å². The summed E-state index contributed by atoms with van der Waals surface area (Å²) in [7, 11) is 0. The molecule has 1 aliphatic rings. The zero-order valence-electron chi connectivity index (χ0n) is 23.9. The van der Waals surface area contributed by atoms with Gasteiger partial charge in [0.15, 0.2) is 17.1 Å². The van der Waals surface area contributed by atoms with Crippen LogP contribution in [-0.2, 0) is 34.3 Å². The van der Waals surface area contributed by atoms with Gasteiger partial charge in [0.05, 0.1) is 17.9 Å². The van der Waals surface area contributed by atoms with Crippen LogP contribution in [0.3, 0.4) is 0 Å². The highest BCUT2D eigenvalue weighted by Gasteiger charge is 2.27. The fraction of sp³-hybridized carbons (Fsp3) is 0.467. The molecule has 0 bridgehead atoms. The summed E-state index contributed by atoms with van der Waals surface area (Å²) in [5, 5.41) is 12.9. The van der Waals surface area contributed by atoms with Crippen LogP contribution >= 0.6 is 23.1 Å². The summed E-state index contributed by atoms with van der Waals surface area (Å²) in [6.07, 6.45) is 5.28.